The van der Waals surface area contributed by atoms with E-state index in [1.807, 2.05) is 0 Å². The number of benzene rings is 1. The summed E-state index contributed by atoms with van der Waals surface area (Å²) >= 11 is 23.7. The van der Waals surface area contributed by atoms with Gasteiger partial charge < -0.3 is 0 Å². The van der Waals surface area contributed by atoms with Crippen molar-refractivity contribution in [3.05, 3.63) is 59.7 Å². The first-order chi connectivity index (χ1) is 10.3. The van der Waals surface area contributed by atoms with Crippen LogP contribution in [0.15, 0.2) is 44.5 Å². The van der Waals surface area contributed by atoms with Gasteiger partial charge in [0.05, 0.1) is 10.7 Å². The molecule has 0 spiro atoms. The molecule has 116 valence electrons. The van der Waals surface area contributed by atoms with Crippen LogP contribution in [0.25, 0.3) is 0 Å². The molecule has 1 aromatic rings. The van der Waals surface area contributed by atoms with E-state index in [0.717, 1.165) is 11.8 Å². The number of anilines is 1. The first-order valence-electron chi connectivity index (χ1n) is 5.64. The third-order valence-corrected chi connectivity index (χ3v) is 4.86. The van der Waals surface area contributed by atoms with Crippen molar-refractivity contribution in [2.45, 2.75) is 0 Å². The second-order valence-electron chi connectivity index (χ2n) is 3.98. The van der Waals surface area contributed by atoms with Crippen LogP contribution in [0.5, 0.6) is 0 Å². The Hall–Kier alpha value is -0.920. The second-order valence-corrected chi connectivity index (χ2v) is 6.71. The van der Waals surface area contributed by atoms with Crippen molar-refractivity contribution in [2.75, 3.05) is 10.7 Å². The van der Waals surface area contributed by atoms with Gasteiger partial charge in [0, 0.05) is 10.7 Å². The molecule has 0 N–H and O–H groups in total. The van der Waals surface area contributed by atoms with Crippen molar-refractivity contribution >= 4 is 69.8 Å². The zero-order valence-corrected chi connectivity index (χ0v) is 14.4. The molecule has 0 radical (unpaired) electrons. The molecule has 1 aliphatic heterocycles. The van der Waals surface area contributed by atoms with Crippen LogP contribution in [-0.4, -0.2) is 16.6 Å². The van der Waals surface area contributed by atoms with Gasteiger partial charge in [-0.15, -0.1) is 0 Å². The van der Waals surface area contributed by atoms with E-state index < -0.39 is 20.1 Å². The highest BCUT2D eigenvalue weighted by Crippen LogP contribution is 2.40. The molecule has 1 heterocycles. The van der Waals surface area contributed by atoms with E-state index in [1.54, 1.807) is 24.3 Å². The van der Waals surface area contributed by atoms with Gasteiger partial charge in [-0.3, -0.25) is 19.8 Å². The molecule has 0 atom stereocenters. The molecular weight excluding hydrogens is 394 g/mol. The van der Waals surface area contributed by atoms with E-state index in [4.69, 9.17) is 46.4 Å². The number of amides is 1. The Morgan fingerprint density at radius 3 is 2.32 bits per heavy atom. The molecule has 2 rings (SSSR count). The third kappa shape index (κ3) is 3.52. The van der Waals surface area contributed by atoms with Crippen LogP contribution in [0.3, 0.4) is 0 Å². The summed E-state index contributed by atoms with van der Waals surface area (Å²) in [6.45, 7) is 0. The van der Waals surface area contributed by atoms with E-state index >= 15 is 0 Å². The lowest BCUT2D eigenvalue weighted by Gasteiger charge is -2.17. The molecule has 1 fully saturated rings. The summed E-state index contributed by atoms with van der Waals surface area (Å²) < 4.78 is -0.447. The highest BCUT2D eigenvalue weighted by atomic mass is 35.5. The van der Waals surface area contributed by atoms with Crippen molar-refractivity contribution in [1.82, 2.24) is 0 Å². The molecule has 0 saturated carbocycles. The van der Waals surface area contributed by atoms with E-state index in [9.17, 15) is 14.9 Å². The fraction of sp³-hybridized carbons (Fsp3) is 0.0833. The maximum absolute atomic E-state index is 12.1. The Bertz CT molecular complexity index is 699. The number of hydrogen-bond donors (Lipinski definition) is 0. The van der Waals surface area contributed by atoms with Gasteiger partial charge in [0.1, 0.15) is 4.49 Å². The summed E-state index contributed by atoms with van der Waals surface area (Å²) in [6, 6.07) is 6.29. The Balaban J connectivity index is 2.63. The zero-order valence-electron chi connectivity index (χ0n) is 10.6. The first kappa shape index (κ1) is 17.4. The normalized spacial score (nSPS) is 16.7. The van der Waals surface area contributed by atoms with E-state index in [-0.39, 0.29) is 16.7 Å². The van der Waals surface area contributed by atoms with Gasteiger partial charge in [0.2, 0.25) is 5.91 Å². The molecule has 1 amide bonds. The van der Waals surface area contributed by atoms with Gasteiger partial charge in [0.25, 0.3) is 0 Å². The van der Waals surface area contributed by atoms with Crippen LogP contribution < -0.4 is 4.90 Å². The van der Waals surface area contributed by atoms with Gasteiger partial charge in [-0.25, -0.2) is 0 Å². The monoisotopic (exact) mass is 398 g/mol. The smallest absolute Gasteiger partial charge is 0.273 e. The third-order valence-electron chi connectivity index (χ3n) is 2.63. The number of hydrogen-bond acceptors (Lipinski definition) is 4. The zero-order chi connectivity index (χ0) is 16.4. The van der Waals surface area contributed by atoms with Gasteiger partial charge in [-0.1, -0.05) is 58.2 Å². The standard InChI is InChI=1S/C12H6Cl4N2O3S/c13-6-1-3-7(4-2-6)17-8(19)5-22-12(17)10(18(20)21)9(14)11(15)16/h1-4H,5H2/b12-10+. The van der Waals surface area contributed by atoms with Crippen LogP contribution in [0.2, 0.25) is 5.02 Å². The molecule has 22 heavy (non-hydrogen) atoms. The van der Waals surface area contributed by atoms with Crippen molar-refractivity contribution < 1.29 is 9.72 Å². The lowest BCUT2D eigenvalue weighted by atomic mass is 10.3. The van der Waals surface area contributed by atoms with Crippen molar-refractivity contribution in [3.63, 3.8) is 0 Å². The number of thioether (sulfide) groups is 1. The first-order valence-corrected chi connectivity index (χ1v) is 8.13. The minimum Gasteiger partial charge on any atom is -0.273 e. The molecule has 0 aromatic heterocycles. The fourth-order valence-electron chi connectivity index (χ4n) is 1.74. The van der Waals surface area contributed by atoms with Crippen LogP contribution in [0, 0.1) is 10.1 Å². The fourth-order valence-corrected chi connectivity index (χ4v) is 3.30. The number of carbonyl (C=O) groups is 1. The van der Waals surface area contributed by atoms with Gasteiger partial charge in [-0.2, -0.15) is 0 Å². The largest absolute Gasteiger partial charge is 0.320 e. The maximum atomic E-state index is 12.1. The Kier molecular flexibility index (Phi) is 5.63. The topological polar surface area (TPSA) is 63.4 Å². The number of nitrogens with zero attached hydrogens (tertiary/aromatic N) is 2. The predicted octanol–water partition coefficient (Wildman–Crippen LogP) is 4.75. The number of carbonyl (C=O) groups excluding carboxylic acids is 1. The molecular formula is C12H6Cl4N2O3S. The number of rotatable bonds is 3. The molecule has 10 heteroatoms. The minimum atomic E-state index is -0.725. The highest BCUT2D eigenvalue weighted by molar-refractivity contribution is 8.04. The summed E-state index contributed by atoms with van der Waals surface area (Å²) in [5, 5.41) is 11.4. The number of halogens is 4. The van der Waals surface area contributed by atoms with Crippen molar-refractivity contribution in [1.29, 1.82) is 0 Å². The van der Waals surface area contributed by atoms with E-state index in [1.165, 1.54) is 4.90 Å². The Morgan fingerprint density at radius 2 is 1.82 bits per heavy atom. The molecule has 1 aromatic carbocycles. The van der Waals surface area contributed by atoms with Crippen LogP contribution >= 0.6 is 58.2 Å². The molecule has 0 bridgehead atoms. The van der Waals surface area contributed by atoms with Crippen molar-refractivity contribution in [3.8, 4) is 0 Å². The maximum Gasteiger partial charge on any atom is 0.320 e. The van der Waals surface area contributed by atoms with E-state index in [0.29, 0.717) is 10.7 Å². The molecule has 0 unspecified atom stereocenters. The van der Waals surface area contributed by atoms with Crippen molar-refractivity contribution in [2.24, 2.45) is 0 Å². The predicted molar refractivity (Wildman–Crippen MR) is 90.0 cm³/mol. The van der Waals surface area contributed by atoms with Crippen LogP contribution in [0.1, 0.15) is 0 Å². The Labute approximate surface area is 149 Å². The van der Waals surface area contributed by atoms with Crippen LogP contribution in [0.4, 0.5) is 5.69 Å². The molecule has 0 aliphatic carbocycles. The van der Waals surface area contributed by atoms with E-state index in [2.05, 4.69) is 0 Å². The average Bonchev–Trinajstić information content (AvgIpc) is 2.81. The summed E-state index contributed by atoms with van der Waals surface area (Å²) in [7, 11) is 0. The SMILES string of the molecule is O=C1CS/C(=C(\C(Cl)=C(Cl)Cl)[N+](=O)[O-])N1c1ccc(Cl)cc1. The summed E-state index contributed by atoms with van der Waals surface area (Å²) in [6.07, 6.45) is 0. The highest BCUT2D eigenvalue weighted by Gasteiger charge is 2.37. The molecule has 1 aliphatic rings. The summed E-state index contributed by atoms with van der Waals surface area (Å²) in [5.41, 5.74) is -0.0867. The minimum absolute atomic E-state index is 0.0410. The summed E-state index contributed by atoms with van der Waals surface area (Å²) in [4.78, 5) is 23.9. The van der Waals surface area contributed by atoms with Gasteiger partial charge >= 0.3 is 5.70 Å². The Morgan fingerprint density at radius 1 is 1.23 bits per heavy atom. The summed E-state index contributed by atoms with van der Waals surface area (Å²) in [5.74, 6) is -0.281. The second kappa shape index (κ2) is 7.10. The number of nitro groups is 1. The average molecular weight is 400 g/mol. The quantitative estimate of drug-likeness (QED) is 0.543. The lowest BCUT2D eigenvalue weighted by molar-refractivity contribution is -0.420. The van der Waals surface area contributed by atoms with Crippen LogP contribution in [-0.2, 0) is 4.79 Å². The van der Waals surface area contributed by atoms with Gasteiger partial charge in [-0.05, 0) is 24.3 Å². The van der Waals surface area contributed by atoms with Gasteiger partial charge in [0.15, 0.2) is 10.1 Å². The molecule has 5 nitrogen and oxygen atoms in total. The lowest BCUT2D eigenvalue weighted by Crippen LogP contribution is -2.25. The molecule has 1 saturated heterocycles. The number of allylic oxidation sites excluding steroid dienone is 1.